The zero-order valence-electron chi connectivity index (χ0n) is 16.7. The van der Waals surface area contributed by atoms with Crippen LogP contribution in [0.3, 0.4) is 0 Å². The maximum atomic E-state index is 12.5. The quantitative estimate of drug-likeness (QED) is 0.627. The van der Waals surface area contributed by atoms with Gasteiger partial charge in [-0.2, -0.15) is 0 Å². The second-order valence-electron chi connectivity index (χ2n) is 7.22. The average Bonchev–Trinajstić information content (AvgIpc) is 3.15. The van der Waals surface area contributed by atoms with Gasteiger partial charge >= 0.3 is 0 Å². The van der Waals surface area contributed by atoms with Gasteiger partial charge in [-0.1, -0.05) is 35.9 Å². The van der Waals surface area contributed by atoms with Gasteiger partial charge in [0.1, 0.15) is 0 Å². The zero-order valence-corrected chi connectivity index (χ0v) is 17.5. The van der Waals surface area contributed by atoms with Crippen molar-refractivity contribution in [2.45, 2.75) is 19.3 Å². The van der Waals surface area contributed by atoms with Crippen LogP contribution in [0.1, 0.15) is 28.3 Å². The van der Waals surface area contributed by atoms with Crippen molar-refractivity contribution in [3.05, 3.63) is 63.8 Å². The van der Waals surface area contributed by atoms with Crippen LogP contribution in [0.15, 0.2) is 47.8 Å². The summed E-state index contributed by atoms with van der Waals surface area (Å²) in [5.74, 6) is 0.268. The van der Waals surface area contributed by atoms with E-state index in [0.717, 1.165) is 27.3 Å². The fraction of sp³-hybridized carbons (Fsp3) is 0.217. The van der Waals surface area contributed by atoms with Gasteiger partial charge in [-0.25, -0.2) is 0 Å². The van der Waals surface area contributed by atoms with Crippen LogP contribution in [0.25, 0.3) is 11.1 Å². The highest BCUT2D eigenvalue weighted by Crippen LogP contribution is 2.47. The minimum absolute atomic E-state index is 0.0210. The van der Waals surface area contributed by atoms with Gasteiger partial charge in [0.2, 0.25) is 5.91 Å². The predicted molar refractivity (Wildman–Crippen MR) is 117 cm³/mol. The van der Waals surface area contributed by atoms with Crippen LogP contribution < -0.4 is 20.5 Å². The van der Waals surface area contributed by atoms with Crippen LogP contribution in [0, 0.1) is 6.92 Å². The van der Waals surface area contributed by atoms with E-state index >= 15 is 0 Å². The average molecular weight is 423 g/mol. The lowest BCUT2D eigenvalue weighted by atomic mass is 9.89. The molecular weight excluding hydrogens is 400 g/mol. The van der Waals surface area contributed by atoms with Crippen LogP contribution in [0.2, 0.25) is 0 Å². The molecule has 0 unspecified atom stereocenters. The van der Waals surface area contributed by atoms with Gasteiger partial charge in [0.25, 0.3) is 5.91 Å². The van der Waals surface area contributed by atoms with Gasteiger partial charge < -0.3 is 20.5 Å². The maximum Gasteiger partial charge on any atom is 0.255 e. The van der Waals surface area contributed by atoms with Crippen molar-refractivity contribution >= 4 is 28.8 Å². The molecule has 4 rings (SSSR count). The molecule has 1 aliphatic heterocycles. The van der Waals surface area contributed by atoms with Crippen molar-refractivity contribution < 1.29 is 19.1 Å². The predicted octanol–water partition coefficient (Wildman–Crippen LogP) is 4.07. The number of benzene rings is 2. The molecule has 3 N–H and O–H groups in total. The third-order valence-electron chi connectivity index (χ3n) is 5.11. The second kappa shape index (κ2) is 8.20. The Morgan fingerprint density at radius 3 is 2.67 bits per heavy atom. The summed E-state index contributed by atoms with van der Waals surface area (Å²) in [7, 11) is 1.54. The number of nitrogens with one attached hydrogen (secondary N) is 1. The van der Waals surface area contributed by atoms with Crippen LogP contribution in [-0.2, 0) is 9.59 Å². The van der Waals surface area contributed by atoms with Gasteiger partial charge in [-0.05, 0) is 30.2 Å². The Morgan fingerprint density at radius 2 is 1.97 bits per heavy atom. The van der Waals surface area contributed by atoms with Gasteiger partial charge in [0.05, 0.1) is 12.8 Å². The molecule has 154 valence electrons. The number of fused-ring (bicyclic) bond motifs is 1. The number of methoxy groups -OCH3 is 1. The smallest absolute Gasteiger partial charge is 0.255 e. The van der Waals surface area contributed by atoms with E-state index in [2.05, 4.69) is 41.9 Å². The zero-order chi connectivity index (χ0) is 21.3. The number of hydrogen-bond acceptors (Lipinski definition) is 5. The number of primary amides is 1. The van der Waals surface area contributed by atoms with Gasteiger partial charge in [-0.3, -0.25) is 9.59 Å². The summed E-state index contributed by atoms with van der Waals surface area (Å²) in [6.45, 7) is 1.82. The molecule has 0 radical (unpaired) electrons. The van der Waals surface area contributed by atoms with E-state index < -0.39 is 5.91 Å². The minimum atomic E-state index is -0.558. The first-order chi connectivity index (χ1) is 14.5. The Hall–Kier alpha value is -3.32. The lowest BCUT2D eigenvalue weighted by Gasteiger charge is -2.24. The maximum absolute atomic E-state index is 12.5. The number of ether oxygens (including phenoxy) is 2. The molecule has 2 aromatic carbocycles. The first-order valence-corrected chi connectivity index (χ1v) is 10.4. The summed E-state index contributed by atoms with van der Waals surface area (Å²) in [5.41, 5.74) is 10.3. The van der Waals surface area contributed by atoms with E-state index in [9.17, 15) is 9.59 Å². The highest BCUT2D eigenvalue weighted by Gasteiger charge is 2.31. The van der Waals surface area contributed by atoms with E-state index in [-0.39, 0.29) is 18.4 Å². The summed E-state index contributed by atoms with van der Waals surface area (Å²) in [6, 6.07) is 13.8. The fourth-order valence-corrected chi connectivity index (χ4v) is 4.77. The summed E-state index contributed by atoms with van der Waals surface area (Å²) >= 11 is 1.64. The Morgan fingerprint density at radius 1 is 1.20 bits per heavy atom. The number of carbonyl (C=O) groups is 2. The van der Waals surface area contributed by atoms with Crippen LogP contribution in [0.4, 0.5) is 5.69 Å². The van der Waals surface area contributed by atoms with Crippen LogP contribution >= 0.6 is 11.3 Å². The van der Waals surface area contributed by atoms with Crippen molar-refractivity contribution in [3.63, 3.8) is 0 Å². The van der Waals surface area contributed by atoms with E-state index in [1.165, 1.54) is 12.7 Å². The van der Waals surface area contributed by atoms with Gasteiger partial charge in [0.15, 0.2) is 18.1 Å². The number of rotatable bonds is 6. The molecule has 2 amide bonds. The van der Waals surface area contributed by atoms with Crippen molar-refractivity contribution in [3.8, 4) is 22.6 Å². The SMILES string of the molecule is COc1cc([C@@H]2CC(=O)Nc3c(-c4ccc(C)cc4)csc32)ccc1OCC(N)=O. The van der Waals surface area contributed by atoms with Crippen LogP contribution in [0.5, 0.6) is 11.5 Å². The molecule has 3 aromatic rings. The number of thiophene rings is 1. The highest BCUT2D eigenvalue weighted by molar-refractivity contribution is 7.11. The standard InChI is InChI=1S/C23H22N2O4S/c1-13-3-5-14(6-4-13)17-12-30-23-16(10-21(27)25-22(17)23)15-7-8-18(19(9-15)28-2)29-11-20(24)26/h3-9,12,16H,10-11H2,1-2H3,(H2,24,26)(H,25,27)/t16-/m0/s1. The fourth-order valence-electron chi connectivity index (χ4n) is 3.61. The topological polar surface area (TPSA) is 90.7 Å². The molecule has 0 spiro atoms. The van der Waals surface area contributed by atoms with Gasteiger partial charge in [-0.15, -0.1) is 11.3 Å². The van der Waals surface area contributed by atoms with E-state index in [0.29, 0.717) is 17.9 Å². The molecule has 1 aromatic heterocycles. The minimum Gasteiger partial charge on any atom is -0.493 e. The lowest BCUT2D eigenvalue weighted by molar-refractivity contribution is -0.120. The highest BCUT2D eigenvalue weighted by atomic mass is 32.1. The number of amides is 2. The molecule has 7 heteroatoms. The lowest BCUT2D eigenvalue weighted by Crippen LogP contribution is -2.22. The number of anilines is 1. The summed E-state index contributed by atoms with van der Waals surface area (Å²) < 4.78 is 10.9. The Bertz CT molecular complexity index is 1100. The molecule has 0 bridgehead atoms. The largest absolute Gasteiger partial charge is 0.493 e. The molecule has 0 aliphatic carbocycles. The third-order valence-corrected chi connectivity index (χ3v) is 6.21. The van der Waals surface area contributed by atoms with Crippen LogP contribution in [-0.4, -0.2) is 25.5 Å². The number of carbonyl (C=O) groups excluding carboxylic acids is 2. The Kier molecular flexibility index (Phi) is 5.46. The van der Waals surface area contributed by atoms with Crippen molar-refractivity contribution in [1.82, 2.24) is 0 Å². The molecule has 0 fully saturated rings. The third kappa shape index (κ3) is 3.89. The van der Waals surface area contributed by atoms with Crippen molar-refractivity contribution in [1.29, 1.82) is 0 Å². The van der Waals surface area contributed by atoms with E-state index in [4.69, 9.17) is 15.2 Å². The molecule has 0 saturated heterocycles. The molecule has 2 heterocycles. The molecule has 1 atom stereocenters. The summed E-state index contributed by atoms with van der Waals surface area (Å²) in [5, 5.41) is 5.15. The first-order valence-electron chi connectivity index (χ1n) is 9.53. The molecular formula is C23H22N2O4S. The molecule has 1 aliphatic rings. The summed E-state index contributed by atoms with van der Waals surface area (Å²) in [4.78, 5) is 24.7. The number of hydrogen-bond donors (Lipinski definition) is 2. The molecule has 30 heavy (non-hydrogen) atoms. The normalized spacial score (nSPS) is 15.3. The Balaban J connectivity index is 1.71. The van der Waals surface area contributed by atoms with E-state index in [1.54, 1.807) is 17.4 Å². The first kappa shape index (κ1) is 20.0. The van der Waals surface area contributed by atoms with Crippen molar-refractivity contribution in [2.24, 2.45) is 5.73 Å². The number of aryl methyl sites for hydroxylation is 1. The molecule has 0 saturated carbocycles. The number of nitrogens with two attached hydrogens (primary N) is 1. The van der Waals surface area contributed by atoms with E-state index in [1.807, 2.05) is 12.1 Å². The second-order valence-corrected chi connectivity index (χ2v) is 8.14. The van der Waals surface area contributed by atoms with Crippen molar-refractivity contribution in [2.75, 3.05) is 19.0 Å². The monoisotopic (exact) mass is 422 g/mol. The Labute approximate surface area is 178 Å². The molecule has 6 nitrogen and oxygen atoms in total. The summed E-state index contributed by atoms with van der Waals surface area (Å²) in [6.07, 6.45) is 0.353. The van der Waals surface area contributed by atoms with Gasteiger partial charge in [0, 0.05) is 28.2 Å².